The normalized spacial score (nSPS) is 20.5. The van der Waals surface area contributed by atoms with E-state index in [-0.39, 0.29) is 35.6 Å². The van der Waals surface area contributed by atoms with E-state index in [1.165, 1.54) is 42.3 Å². The van der Waals surface area contributed by atoms with Crippen molar-refractivity contribution < 1.29 is 4.74 Å². The van der Waals surface area contributed by atoms with Crippen molar-refractivity contribution in [2.75, 3.05) is 39.9 Å². The van der Waals surface area contributed by atoms with Crippen molar-refractivity contribution in [3.05, 3.63) is 48.0 Å². The Balaban J connectivity index is 0.00000256. The summed E-state index contributed by atoms with van der Waals surface area (Å²) in [5, 5.41) is 9.83. The number of likely N-dealkylation sites (tertiary alicyclic amines) is 1. The van der Waals surface area contributed by atoms with E-state index in [0.29, 0.717) is 0 Å². The topological polar surface area (TPSA) is 48.9 Å². The van der Waals surface area contributed by atoms with Gasteiger partial charge in [-0.15, -0.1) is 24.0 Å². The SMILES string of the molecule is CN=C(NCC1(N2CCCC2)CCOCC1)NC(C)c1cccc2ccccc12.I. The van der Waals surface area contributed by atoms with Gasteiger partial charge in [-0.2, -0.15) is 0 Å². The van der Waals surface area contributed by atoms with Crippen LogP contribution in [0.5, 0.6) is 0 Å². The Kier molecular flexibility index (Phi) is 8.36. The summed E-state index contributed by atoms with van der Waals surface area (Å²) in [6.45, 7) is 7.26. The fraction of sp³-hybridized carbons (Fsp3) is 0.542. The lowest BCUT2D eigenvalue weighted by atomic mass is 9.88. The highest BCUT2D eigenvalue weighted by Gasteiger charge is 2.39. The van der Waals surface area contributed by atoms with Crippen molar-refractivity contribution in [2.24, 2.45) is 4.99 Å². The molecule has 0 aliphatic carbocycles. The molecule has 2 N–H and O–H groups in total. The fourth-order valence-corrected chi connectivity index (χ4v) is 4.90. The Labute approximate surface area is 197 Å². The highest BCUT2D eigenvalue weighted by molar-refractivity contribution is 14.0. The Morgan fingerprint density at radius 2 is 1.80 bits per heavy atom. The van der Waals surface area contributed by atoms with Crippen molar-refractivity contribution in [3.8, 4) is 0 Å². The van der Waals surface area contributed by atoms with Crippen LogP contribution < -0.4 is 10.6 Å². The minimum atomic E-state index is 0. The lowest BCUT2D eigenvalue weighted by Crippen LogP contribution is -2.58. The van der Waals surface area contributed by atoms with Crippen LogP contribution in [0.2, 0.25) is 0 Å². The van der Waals surface area contributed by atoms with Crippen molar-refractivity contribution in [2.45, 2.75) is 44.2 Å². The molecule has 4 rings (SSSR count). The molecule has 30 heavy (non-hydrogen) atoms. The van der Waals surface area contributed by atoms with Gasteiger partial charge in [0.05, 0.1) is 6.04 Å². The van der Waals surface area contributed by atoms with Crippen LogP contribution in [0.4, 0.5) is 0 Å². The van der Waals surface area contributed by atoms with E-state index >= 15 is 0 Å². The Bertz CT molecular complexity index is 839. The van der Waals surface area contributed by atoms with E-state index in [1.807, 2.05) is 7.05 Å². The van der Waals surface area contributed by atoms with Gasteiger partial charge in [0.1, 0.15) is 0 Å². The first-order valence-corrected chi connectivity index (χ1v) is 11.0. The highest BCUT2D eigenvalue weighted by atomic mass is 127. The van der Waals surface area contributed by atoms with Crippen molar-refractivity contribution >= 4 is 40.7 Å². The predicted octanol–water partition coefficient (Wildman–Crippen LogP) is 4.33. The second-order valence-electron chi connectivity index (χ2n) is 8.39. The summed E-state index contributed by atoms with van der Waals surface area (Å²) in [4.78, 5) is 7.20. The number of aliphatic imine (C=N–C) groups is 1. The Morgan fingerprint density at radius 3 is 2.53 bits per heavy atom. The maximum absolute atomic E-state index is 5.68. The largest absolute Gasteiger partial charge is 0.381 e. The van der Waals surface area contributed by atoms with E-state index < -0.39 is 0 Å². The average Bonchev–Trinajstić information content (AvgIpc) is 3.32. The van der Waals surface area contributed by atoms with Crippen LogP contribution in [0.15, 0.2) is 47.5 Å². The van der Waals surface area contributed by atoms with Crippen molar-refractivity contribution in [1.82, 2.24) is 15.5 Å². The Morgan fingerprint density at radius 1 is 1.10 bits per heavy atom. The first kappa shape index (κ1) is 23.3. The molecular weight excluding hydrogens is 487 g/mol. The lowest BCUT2D eigenvalue weighted by molar-refractivity contribution is -0.0164. The number of hydrogen-bond acceptors (Lipinski definition) is 3. The lowest BCUT2D eigenvalue weighted by Gasteiger charge is -2.45. The number of guanidine groups is 1. The minimum absolute atomic E-state index is 0. The molecule has 164 valence electrons. The number of halogens is 1. The molecule has 2 saturated heterocycles. The van der Waals surface area contributed by atoms with Crippen LogP contribution in [0.1, 0.15) is 44.2 Å². The molecule has 0 bridgehead atoms. The molecule has 6 heteroatoms. The highest BCUT2D eigenvalue weighted by Crippen LogP contribution is 2.31. The van der Waals surface area contributed by atoms with E-state index in [2.05, 4.69) is 69.9 Å². The molecule has 2 aliphatic heterocycles. The first-order valence-electron chi connectivity index (χ1n) is 11.0. The van der Waals surface area contributed by atoms with Crippen molar-refractivity contribution in [3.63, 3.8) is 0 Å². The molecule has 2 aromatic rings. The van der Waals surface area contributed by atoms with Crippen LogP contribution in [-0.4, -0.2) is 56.3 Å². The fourth-order valence-electron chi connectivity index (χ4n) is 4.90. The van der Waals surface area contributed by atoms with E-state index in [9.17, 15) is 0 Å². The van der Waals surface area contributed by atoms with Crippen LogP contribution in [-0.2, 0) is 4.74 Å². The van der Waals surface area contributed by atoms with E-state index in [0.717, 1.165) is 38.6 Å². The summed E-state index contributed by atoms with van der Waals surface area (Å²) in [5.74, 6) is 0.871. The van der Waals surface area contributed by atoms with Crippen LogP contribution in [0, 0.1) is 0 Å². The summed E-state index contributed by atoms with van der Waals surface area (Å²) in [6.07, 6.45) is 4.81. The van der Waals surface area contributed by atoms with E-state index in [4.69, 9.17) is 4.74 Å². The average molecular weight is 522 g/mol. The third-order valence-corrected chi connectivity index (χ3v) is 6.65. The monoisotopic (exact) mass is 522 g/mol. The van der Waals surface area contributed by atoms with Gasteiger partial charge in [0.25, 0.3) is 0 Å². The zero-order chi connectivity index (χ0) is 20.1. The van der Waals surface area contributed by atoms with Crippen molar-refractivity contribution in [1.29, 1.82) is 0 Å². The summed E-state index contributed by atoms with van der Waals surface area (Å²) in [7, 11) is 1.86. The quantitative estimate of drug-likeness (QED) is 0.349. The van der Waals surface area contributed by atoms with Gasteiger partial charge < -0.3 is 15.4 Å². The second kappa shape index (κ2) is 10.8. The summed E-state index contributed by atoms with van der Waals surface area (Å²) < 4.78 is 5.68. The van der Waals surface area contributed by atoms with Crippen LogP contribution >= 0.6 is 24.0 Å². The molecule has 0 aromatic heterocycles. The van der Waals surface area contributed by atoms with Gasteiger partial charge in [-0.05, 0) is 62.0 Å². The van der Waals surface area contributed by atoms with Gasteiger partial charge in [-0.25, -0.2) is 0 Å². The molecule has 2 aromatic carbocycles. The number of nitrogens with zero attached hydrogens (tertiary/aromatic N) is 2. The zero-order valence-corrected chi connectivity index (χ0v) is 20.5. The number of nitrogens with one attached hydrogen (secondary N) is 2. The molecular formula is C24H35IN4O. The molecule has 2 aliphatic rings. The smallest absolute Gasteiger partial charge is 0.191 e. The number of fused-ring (bicyclic) bond motifs is 1. The van der Waals surface area contributed by atoms with Gasteiger partial charge in [0, 0.05) is 32.3 Å². The number of rotatable bonds is 5. The second-order valence-corrected chi connectivity index (χ2v) is 8.39. The van der Waals surface area contributed by atoms with Gasteiger partial charge in [-0.1, -0.05) is 42.5 Å². The molecule has 2 fully saturated rings. The molecule has 0 saturated carbocycles. The standard InChI is InChI=1S/C24H34N4O.HI/c1-19(21-11-7-9-20-8-3-4-10-22(20)21)27-23(25-2)26-18-24(12-16-29-17-13-24)28-14-5-6-15-28;/h3-4,7-11,19H,5-6,12-18H2,1-2H3,(H2,25,26,27);1H. The van der Waals surface area contributed by atoms with Gasteiger partial charge >= 0.3 is 0 Å². The first-order chi connectivity index (χ1) is 14.2. The predicted molar refractivity (Wildman–Crippen MR) is 136 cm³/mol. The molecule has 1 unspecified atom stereocenters. The molecule has 0 radical (unpaired) electrons. The molecule has 5 nitrogen and oxygen atoms in total. The maximum atomic E-state index is 5.68. The van der Waals surface area contributed by atoms with Crippen LogP contribution in [0.3, 0.4) is 0 Å². The van der Waals surface area contributed by atoms with Gasteiger partial charge in [0.2, 0.25) is 0 Å². The van der Waals surface area contributed by atoms with E-state index in [1.54, 1.807) is 0 Å². The number of benzene rings is 2. The molecule has 0 amide bonds. The van der Waals surface area contributed by atoms with Gasteiger partial charge in [0.15, 0.2) is 5.96 Å². The maximum Gasteiger partial charge on any atom is 0.191 e. The zero-order valence-electron chi connectivity index (χ0n) is 18.2. The van der Waals surface area contributed by atoms with Crippen LogP contribution in [0.25, 0.3) is 10.8 Å². The summed E-state index contributed by atoms with van der Waals surface area (Å²) >= 11 is 0. The molecule has 1 atom stereocenters. The third kappa shape index (κ3) is 5.08. The molecule has 0 spiro atoms. The van der Waals surface area contributed by atoms with Gasteiger partial charge in [-0.3, -0.25) is 9.89 Å². The summed E-state index contributed by atoms with van der Waals surface area (Å²) in [5.41, 5.74) is 1.49. The number of ether oxygens (including phenoxy) is 1. The Hall–Kier alpha value is -1.38. The third-order valence-electron chi connectivity index (χ3n) is 6.65. The summed E-state index contributed by atoms with van der Waals surface area (Å²) in [6, 6.07) is 15.3. The number of hydrogen-bond donors (Lipinski definition) is 2. The minimum Gasteiger partial charge on any atom is -0.381 e. The molecule has 2 heterocycles.